The van der Waals surface area contributed by atoms with Crippen LogP contribution < -0.4 is 5.73 Å². The van der Waals surface area contributed by atoms with Crippen LogP contribution in [0.15, 0.2) is 0 Å². The molecule has 0 aliphatic carbocycles. The van der Waals surface area contributed by atoms with Crippen molar-refractivity contribution in [2.75, 3.05) is 39.8 Å². The van der Waals surface area contributed by atoms with E-state index in [2.05, 4.69) is 23.8 Å². The van der Waals surface area contributed by atoms with E-state index in [1.165, 1.54) is 25.8 Å². The standard InChI is InChI=1S/C13H27N3O/c1-11-10-15(2)6-4-7-16(11)12(9-14)13-5-3-8-17-13/h11-13H,3-10,14H2,1-2H3. The average Bonchev–Trinajstić information content (AvgIpc) is 2.75. The molecule has 0 bridgehead atoms. The van der Waals surface area contributed by atoms with E-state index in [4.69, 9.17) is 10.5 Å². The molecule has 100 valence electrons. The zero-order valence-corrected chi connectivity index (χ0v) is 11.3. The Morgan fingerprint density at radius 1 is 1.35 bits per heavy atom. The van der Waals surface area contributed by atoms with Gasteiger partial charge in [-0.3, -0.25) is 4.90 Å². The highest BCUT2D eigenvalue weighted by atomic mass is 16.5. The Bertz CT molecular complexity index is 231. The van der Waals surface area contributed by atoms with Gasteiger partial charge >= 0.3 is 0 Å². The van der Waals surface area contributed by atoms with Crippen LogP contribution in [-0.4, -0.2) is 67.8 Å². The molecular weight excluding hydrogens is 214 g/mol. The fourth-order valence-corrected chi connectivity index (χ4v) is 3.29. The second kappa shape index (κ2) is 6.14. The Morgan fingerprint density at radius 2 is 2.18 bits per heavy atom. The van der Waals surface area contributed by atoms with Gasteiger partial charge in [-0.15, -0.1) is 0 Å². The molecule has 3 unspecified atom stereocenters. The summed E-state index contributed by atoms with van der Waals surface area (Å²) in [5, 5.41) is 0. The molecule has 2 aliphatic rings. The Hall–Kier alpha value is -0.160. The molecule has 2 fully saturated rings. The van der Waals surface area contributed by atoms with Crippen molar-refractivity contribution in [1.82, 2.24) is 9.80 Å². The Kier molecular flexibility index (Phi) is 4.79. The lowest BCUT2D eigenvalue weighted by molar-refractivity contribution is 0.0127. The summed E-state index contributed by atoms with van der Waals surface area (Å²) >= 11 is 0. The molecule has 2 saturated heterocycles. The summed E-state index contributed by atoms with van der Waals surface area (Å²) < 4.78 is 5.84. The van der Waals surface area contributed by atoms with Crippen molar-refractivity contribution in [3.8, 4) is 0 Å². The van der Waals surface area contributed by atoms with Crippen molar-refractivity contribution in [3.05, 3.63) is 0 Å². The van der Waals surface area contributed by atoms with Crippen molar-refractivity contribution in [2.24, 2.45) is 5.73 Å². The molecule has 4 heteroatoms. The largest absolute Gasteiger partial charge is 0.377 e. The first-order valence-electron chi connectivity index (χ1n) is 6.98. The maximum atomic E-state index is 6.00. The summed E-state index contributed by atoms with van der Waals surface area (Å²) in [4.78, 5) is 5.01. The quantitative estimate of drug-likeness (QED) is 0.782. The van der Waals surface area contributed by atoms with Crippen molar-refractivity contribution >= 4 is 0 Å². The van der Waals surface area contributed by atoms with E-state index in [1.807, 2.05) is 0 Å². The molecule has 2 heterocycles. The molecular formula is C13H27N3O. The number of hydrogen-bond donors (Lipinski definition) is 1. The maximum Gasteiger partial charge on any atom is 0.0743 e. The summed E-state index contributed by atoms with van der Waals surface area (Å²) in [5.41, 5.74) is 6.00. The minimum atomic E-state index is 0.367. The van der Waals surface area contributed by atoms with Crippen LogP contribution in [0.1, 0.15) is 26.2 Å². The second-order valence-corrected chi connectivity index (χ2v) is 5.56. The van der Waals surface area contributed by atoms with Crippen LogP contribution in [0.25, 0.3) is 0 Å². The number of nitrogens with two attached hydrogens (primary N) is 1. The van der Waals surface area contributed by atoms with Crippen molar-refractivity contribution in [2.45, 2.75) is 44.4 Å². The molecule has 4 nitrogen and oxygen atoms in total. The molecule has 0 saturated carbocycles. The molecule has 3 atom stereocenters. The van der Waals surface area contributed by atoms with Crippen molar-refractivity contribution < 1.29 is 4.74 Å². The number of nitrogens with zero attached hydrogens (tertiary/aromatic N) is 2. The summed E-state index contributed by atoms with van der Waals surface area (Å²) in [5.74, 6) is 0. The van der Waals surface area contributed by atoms with Crippen molar-refractivity contribution in [1.29, 1.82) is 0 Å². The van der Waals surface area contributed by atoms with Crippen LogP contribution in [0, 0.1) is 0 Å². The first-order chi connectivity index (χ1) is 8.22. The molecule has 0 radical (unpaired) electrons. The predicted molar refractivity (Wildman–Crippen MR) is 70.1 cm³/mol. The van der Waals surface area contributed by atoms with Gasteiger partial charge < -0.3 is 15.4 Å². The van der Waals surface area contributed by atoms with Gasteiger partial charge in [0.2, 0.25) is 0 Å². The minimum absolute atomic E-state index is 0.367. The average molecular weight is 241 g/mol. The number of hydrogen-bond acceptors (Lipinski definition) is 4. The van der Waals surface area contributed by atoms with E-state index in [-0.39, 0.29) is 0 Å². The summed E-state index contributed by atoms with van der Waals surface area (Å²) in [6.45, 7) is 7.46. The summed E-state index contributed by atoms with van der Waals surface area (Å²) in [6.07, 6.45) is 3.99. The SMILES string of the molecule is CC1CN(C)CCCN1C(CN)C1CCCO1. The first-order valence-corrected chi connectivity index (χ1v) is 6.98. The maximum absolute atomic E-state index is 6.00. The molecule has 2 aliphatic heterocycles. The third-order valence-corrected chi connectivity index (χ3v) is 4.16. The van der Waals surface area contributed by atoms with E-state index in [9.17, 15) is 0 Å². The molecule has 2 N–H and O–H groups in total. The van der Waals surface area contributed by atoms with E-state index in [1.54, 1.807) is 0 Å². The van der Waals surface area contributed by atoms with Gasteiger partial charge in [-0.25, -0.2) is 0 Å². The van der Waals surface area contributed by atoms with Crippen molar-refractivity contribution in [3.63, 3.8) is 0 Å². The van der Waals surface area contributed by atoms with Gasteiger partial charge in [-0.05, 0) is 39.8 Å². The van der Waals surface area contributed by atoms with Gasteiger partial charge in [-0.1, -0.05) is 0 Å². The molecule has 0 aromatic rings. The summed E-state index contributed by atoms with van der Waals surface area (Å²) in [7, 11) is 2.21. The molecule has 0 aromatic carbocycles. The lowest BCUT2D eigenvalue weighted by Gasteiger charge is -2.37. The highest BCUT2D eigenvalue weighted by Crippen LogP contribution is 2.22. The van der Waals surface area contributed by atoms with Crippen LogP contribution >= 0.6 is 0 Å². The number of ether oxygens (including phenoxy) is 1. The number of likely N-dealkylation sites (N-methyl/N-ethyl adjacent to an activating group) is 1. The highest BCUT2D eigenvalue weighted by Gasteiger charge is 2.33. The Labute approximate surface area is 105 Å². The molecule has 17 heavy (non-hydrogen) atoms. The Balaban J connectivity index is 2.01. The fourth-order valence-electron chi connectivity index (χ4n) is 3.29. The van der Waals surface area contributed by atoms with Crippen LogP contribution in [0.2, 0.25) is 0 Å². The zero-order valence-electron chi connectivity index (χ0n) is 11.3. The molecule has 0 spiro atoms. The van der Waals surface area contributed by atoms with Crippen LogP contribution in [0.4, 0.5) is 0 Å². The molecule has 0 amide bonds. The number of rotatable bonds is 3. The van der Waals surface area contributed by atoms with Gasteiger partial charge in [0.15, 0.2) is 0 Å². The first kappa shape index (κ1) is 13.3. The van der Waals surface area contributed by atoms with Gasteiger partial charge in [0, 0.05) is 38.3 Å². The van der Waals surface area contributed by atoms with Gasteiger partial charge in [-0.2, -0.15) is 0 Å². The zero-order chi connectivity index (χ0) is 12.3. The van der Waals surface area contributed by atoms with Crippen LogP contribution in [0.3, 0.4) is 0 Å². The monoisotopic (exact) mass is 241 g/mol. The van der Waals surface area contributed by atoms with E-state index >= 15 is 0 Å². The van der Waals surface area contributed by atoms with E-state index in [0.29, 0.717) is 18.2 Å². The van der Waals surface area contributed by atoms with E-state index in [0.717, 1.165) is 26.2 Å². The van der Waals surface area contributed by atoms with E-state index < -0.39 is 0 Å². The Morgan fingerprint density at radius 3 is 2.82 bits per heavy atom. The van der Waals surface area contributed by atoms with Gasteiger partial charge in [0.25, 0.3) is 0 Å². The third kappa shape index (κ3) is 3.19. The summed E-state index contributed by atoms with van der Waals surface area (Å²) in [6, 6.07) is 0.999. The van der Waals surface area contributed by atoms with Gasteiger partial charge in [0.1, 0.15) is 0 Å². The topological polar surface area (TPSA) is 41.7 Å². The lowest BCUT2D eigenvalue weighted by atomic mass is 10.0. The highest BCUT2D eigenvalue weighted by molar-refractivity contribution is 4.88. The smallest absolute Gasteiger partial charge is 0.0743 e. The normalized spacial score (nSPS) is 34.8. The fraction of sp³-hybridized carbons (Fsp3) is 1.00. The minimum Gasteiger partial charge on any atom is -0.377 e. The lowest BCUT2D eigenvalue weighted by Crippen LogP contribution is -2.53. The second-order valence-electron chi connectivity index (χ2n) is 5.56. The van der Waals surface area contributed by atoms with Gasteiger partial charge in [0.05, 0.1) is 6.10 Å². The predicted octanol–water partition coefficient (Wildman–Crippen LogP) is 0.519. The van der Waals surface area contributed by atoms with Crippen LogP contribution in [-0.2, 0) is 4.74 Å². The molecule has 0 aromatic heterocycles. The molecule has 2 rings (SSSR count). The van der Waals surface area contributed by atoms with Crippen LogP contribution in [0.5, 0.6) is 0 Å². The third-order valence-electron chi connectivity index (χ3n) is 4.16.